The van der Waals surface area contributed by atoms with Crippen molar-refractivity contribution >= 4 is 17.2 Å². The number of nitro groups is 1. The molecular weight excluding hydrogens is 322 g/mol. The van der Waals surface area contributed by atoms with E-state index >= 15 is 0 Å². The first-order chi connectivity index (χ1) is 9.91. The Balaban J connectivity index is 3.08. The van der Waals surface area contributed by atoms with Crippen LogP contribution in [0, 0.1) is 10.1 Å². The predicted molar refractivity (Wildman–Crippen MR) is 61.9 cm³/mol. The minimum absolute atomic E-state index is 0.371. The van der Waals surface area contributed by atoms with Gasteiger partial charge in [-0.2, -0.15) is 26.3 Å². The van der Waals surface area contributed by atoms with Crippen LogP contribution in [0.3, 0.4) is 0 Å². The van der Waals surface area contributed by atoms with E-state index in [1.54, 1.807) is 5.32 Å². The summed E-state index contributed by atoms with van der Waals surface area (Å²) in [7, 11) is 0. The Morgan fingerprint density at radius 3 is 1.91 bits per heavy atom. The molecule has 0 amide bonds. The zero-order chi connectivity index (χ0) is 17.1. The topological polar surface area (TPSA) is 72.2 Å². The molecule has 0 aromatic heterocycles. The SMILES string of the molecule is O=C(/C=C(/Nc1ccc([N+](=O)[O-])cc1)C(F)(F)F)C(F)(F)F. The van der Waals surface area contributed by atoms with Crippen LogP contribution in [-0.2, 0) is 4.79 Å². The number of hydrogen-bond donors (Lipinski definition) is 1. The summed E-state index contributed by atoms with van der Waals surface area (Å²) in [5, 5.41) is 12.0. The lowest BCUT2D eigenvalue weighted by molar-refractivity contribution is -0.384. The molecule has 0 fully saturated rings. The summed E-state index contributed by atoms with van der Waals surface area (Å²) in [5.74, 6) is -2.69. The first-order valence-electron chi connectivity index (χ1n) is 5.33. The molecule has 1 aromatic carbocycles. The molecule has 120 valence electrons. The van der Waals surface area contributed by atoms with Crippen LogP contribution < -0.4 is 5.32 Å². The lowest BCUT2D eigenvalue weighted by Gasteiger charge is -2.14. The highest BCUT2D eigenvalue weighted by Gasteiger charge is 2.41. The van der Waals surface area contributed by atoms with Crippen molar-refractivity contribution in [3.8, 4) is 0 Å². The smallest absolute Gasteiger partial charge is 0.351 e. The van der Waals surface area contributed by atoms with Gasteiger partial charge in [0.05, 0.1) is 4.92 Å². The van der Waals surface area contributed by atoms with Gasteiger partial charge >= 0.3 is 12.4 Å². The molecule has 0 aliphatic carbocycles. The van der Waals surface area contributed by atoms with Crippen molar-refractivity contribution < 1.29 is 36.1 Å². The molecule has 5 nitrogen and oxygen atoms in total. The summed E-state index contributed by atoms with van der Waals surface area (Å²) in [6.45, 7) is 0. The van der Waals surface area contributed by atoms with E-state index < -0.39 is 40.5 Å². The van der Waals surface area contributed by atoms with Crippen molar-refractivity contribution in [3.05, 3.63) is 46.2 Å². The third kappa shape index (κ3) is 4.75. The van der Waals surface area contributed by atoms with E-state index in [-0.39, 0.29) is 5.69 Å². The van der Waals surface area contributed by atoms with Gasteiger partial charge in [0.2, 0.25) is 0 Å². The molecule has 1 aromatic rings. The number of halogens is 6. The number of hydrogen-bond acceptors (Lipinski definition) is 4. The van der Waals surface area contributed by atoms with Gasteiger partial charge in [0.1, 0.15) is 5.70 Å². The molecule has 0 unspecified atom stereocenters. The maximum Gasteiger partial charge on any atom is 0.454 e. The standard InChI is InChI=1S/C11H6F6N2O3/c12-10(13,14)8(5-9(20)11(15,16)17)18-6-1-3-7(4-2-6)19(21)22/h1-5,18H/b8-5+. The Labute approximate surface area is 118 Å². The normalized spacial score (nSPS) is 12.9. The van der Waals surface area contributed by atoms with Gasteiger partial charge in [-0.15, -0.1) is 0 Å². The number of rotatable bonds is 4. The van der Waals surface area contributed by atoms with Gasteiger partial charge in [-0.1, -0.05) is 0 Å². The number of carbonyl (C=O) groups is 1. The molecule has 1 N–H and O–H groups in total. The zero-order valence-electron chi connectivity index (χ0n) is 10.3. The van der Waals surface area contributed by atoms with Crippen LogP contribution in [0.2, 0.25) is 0 Å². The van der Waals surface area contributed by atoms with E-state index in [1.165, 1.54) is 0 Å². The van der Waals surface area contributed by atoms with Gasteiger partial charge in [0.25, 0.3) is 11.5 Å². The van der Waals surface area contributed by atoms with Gasteiger partial charge < -0.3 is 5.32 Å². The second-order valence-electron chi connectivity index (χ2n) is 3.85. The molecule has 0 aliphatic rings. The van der Waals surface area contributed by atoms with Gasteiger partial charge in [0, 0.05) is 23.9 Å². The second kappa shape index (κ2) is 6.03. The number of ketones is 1. The van der Waals surface area contributed by atoms with Crippen molar-refractivity contribution in [2.45, 2.75) is 12.4 Å². The molecule has 0 heterocycles. The first-order valence-corrected chi connectivity index (χ1v) is 5.33. The minimum Gasteiger partial charge on any atom is -0.351 e. The summed E-state index contributed by atoms with van der Waals surface area (Å²) in [6.07, 6.45) is -11.3. The number of nitrogens with one attached hydrogen (secondary N) is 1. The lowest BCUT2D eigenvalue weighted by Crippen LogP contribution is -2.26. The third-order valence-corrected chi connectivity index (χ3v) is 2.22. The highest BCUT2D eigenvalue weighted by atomic mass is 19.4. The molecule has 0 bridgehead atoms. The fourth-order valence-electron chi connectivity index (χ4n) is 1.22. The highest BCUT2D eigenvalue weighted by molar-refractivity contribution is 5.95. The second-order valence-corrected chi connectivity index (χ2v) is 3.85. The molecule has 22 heavy (non-hydrogen) atoms. The fourth-order valence-corrected chi connectivity index (χ4v) is 1.22. The van der Waals surface area contributed by atoms with Crippen molar-refractivity contribution in [1.82, 2.24) is 0 Å². The number of non-ortho nitro benzene ring substituents is 1. The molecule has 0 aliphatic heterocycles. The largest absolute Gasteiger partial charge is 0.454 e. The molecule has 11 heteroatoms. The average Bonchev–Trinajstić information content (AvgIpc) is 2.36. The Kier molecular flexibility index (Phi) is 4.79. The van der Waals surface area contributed by atoms with Gasteiger partial charge in [-0.25, -0.2) is 0 Å². The van der Waals surface area contributed by atoms with Crippen LogP contribution in [0.25, 0.3) is 0 Å². The molecule has 1 rings (SSSR count). The Morgan fingerprint density at radius 1 is 1.05 bits per heavy atom. The number of anilines is 1. The molecule has 0 spiro atoms. The van der Waals surface area contributed by atoms with E-state index in [4.69, 9.17) is 0 Å². The monoisotopic (exact) mass is 328 g/mol. The van der Waals surface area contributed by atoms with Gasteiger partial charge in [-0.3, -0.25) is 14.9 Å². The Hall–Kier alpha value is -2.59. The Morgan fingerprint density at radius 2 is 1.55 bits per heavy atom. The summed E-state index contributed by atoms with van der Waals surface area (Å²) in [5.41, 5.74) is -2.73. The van der Waals surface area contributed by atoms with Crippen LogP contribution in [0.1, 0.15) is 0 Å². The lowest BCUT2D eigenvalue weighted by atomic mass is 10.2. The van der Waals surface area contributed by atoms with Crippen LogP contribution >= 0.6 is 0 Å². The number of nitro benzene ring substituents is 1. The van der Waals surface area contributed by atoms with E-state index in [2.05, 4.69) is 0 Å². The van der Waals surface area contributed by atoms with Crippen LogP contribution in [-0.4, -0.2) is 23.1 Å². The summed E-state index contributed by atoms with van der Waals surface area (Å²) in [4.78, 5) is 20.2. The maximum absolute atomic E-state index is 12.6. The predicted octanol–water partition coefficient (Wildman–Crippen LogP) is 3.58. The molecule has 0 saturated carbocycles. The molecular formula is C11H6F6N2O3. The van der Waals surface area contributed by atoms with Crippen molar-refractivity contribution in [2.75, 3.05) is 5.32 Å². The van der Waals surface area contributed by atoms with Crippen molar-refractivity contribution in [2.24, 2.45) is 0 Å². The summed E-state index contributed by atoms with van der Waals surface area (Å²) >= 11 is 0. The van der Waals surface area contributed by atoms with Crippen LogP contribution in [0.4, 0.5) is 37.7 Å². The van der Waals surface area contributed by atoms with E-state index in [0.717, 1.165) is 24.3 Å². The maximum atomic E-state index is 12.6. The summed E-state index contributed by atoms with van der Waals surface area (Å²) < 4.78 is 73.9. The van der Waals surface area contributed by atoms with Crippen LogP contribution in [0.5, 0.6) is 0 Å². The Bertz CT molecular complexity index is 604. The molecule has 0 saturated heterocycles. The quantitative estimate of drug-likeness (QED) is 0.397. The first kappa shape index (κ1) is 17.5. The number of carbonyl (C=O) groups excluding carboxylic acids is 1. The van der Waals surface area contributed by atoms with E-state index in [9.17, 15) is 41.3 Å². The van der Waals surface area contributed by atoms with Gasteiger partial charge in [0.15, 0.2) is 0 Å². The fraction of sp³-hybridized carbons (Fsp3) is 0.182. The van der Waals surface area contributed by atoms with Crippen molar-refractivity contribution in [3.63, 3.8) is 0 Å². The minimum atomic E-state index is -5.45. The molecule has 0 radical (unpaired) electrons. The molecule has 0 atom stereocenters. The number of nitrogens with zero attached hydrogens (tertiary/aromatic N) is 1. The number of alkyl halides is 6. The van der Waals surface area contributed by atoms with E-state index in [0.29, 0.717) is 0 Å². The number of allylic oxidation sites excluding steroid dienone is 2. The third-order valence-electron chi connectivity index (χ3n) is 2.22. The summed E-state index contributed by atoms with van der Waals surface area (Å²) in [6, 6.07) is 3.41. The van der Waals surface area contributed by atoms with Crippen LogP contribution in [0.15, 0.2) is 36.0 Å². The zero-order valence-corrected chi connectivity index (χ0v) is 10.3. The van der Waals surface area contributed by atoms with E-state index in [1.807, 2.05) is 0 Å². The van der Waals surface area contributed by atoms with Crippen molar-refractivity contribution in [1.29, 1.82) is 0 Å². The highest BCUT2D eigenvalue weighted by Crippen LogP contribution is 2.29. The average molecular weight is 328 g/mol. The van der Waals surface area contributed by atoms with Gasteiger partial charge in [-0.05, 0) is 12.1 Å². The number of benzene rings is 1.